The van der Waals surface area contributed by atoms with Gasteiger partial charge in [-0.3, -0.25) is 9.56 Å². The summed E-state index contributed by atoms with van der Waals surface area (Å²) in [6.07, 6.45) is 3.50. The van der Waals surface area contributed by atoms with Crippen LogP contribution in [0.3, 0.4) is 0 Å². The quantitative estimate of drug-likeness (QED) is 0.570. The molecule has 8 heteroatoms. The van der Waals surface area contributed by atoms with Crippen LogP contribution in [-0.2, 0) is 0 Å². The lowest BCUT2D eigenvalue weighted by Gasteiger charge is -2.40. The molecule has 1 spiro atoms. The first-order valence-corrected chi connectivity index (χ1v) is 13.0. The fraction of sp³-hybridized carbons (Fsp3) is 0.500. The predicted molar refractivity (Wildman–Crippen MR) is 135 cm³/mol. The minimum absolute atomic E-state index is 0.167. The smallest absolute Gasteiger partial charge is 0.162 e. The molecule has 0 amide bonds. The van der Waals surface area contributed by atoms with Crippen LogP contribution in [-0.4, -0.2) is 46.7 Å². The summed E-state index contributed by atoms with van der Waals surface area (Å²) in [5.74, 6) is 1.51. The van der Waals surface area contributed by atoms with Crippen molar-refractivity contribution in [1.29, 1.82) is 0 Å². The Kier molecular flexibility index (Phi) is 5.15. The van der Waals surface area contributed by atoms with Gasteiger partial charge in [0.15, 0.2) is 5.82 Å². The summed E-state index contributed by atoms with van der Waals surface area (Å²) in [5.41, 5.74) is 5.03. The average molecular weight is 479 g/mol. The van der Waals surface area contributed by atoms with Gasteiger partial charge in [0.25, 0.3) is 0 Å². The molecule has 6 nitrogen and oxygen atoms in total. The second kappa shape index (κ2) is 7.99. The molecule has 3 aliphatic rings. The molecule has 1 unspecified atom stereocenters. The number of anilines is 1. The van der Waals surface area contributed by atoms with E-state index in [1.54, 1.807) is 17.4 Å². The lowest BCUT2D eigenvalue weighted by atomic mass is 9.77. The van der Waals surface area contributed by atoms with Crippen molar-refractivity contribution in [3.8, 4) is 5.00 Å². The van der Waals surface area contributed by atoms with Crippen molar-refractivity contribution in [2.75, 3.05) is 31.1 Å². The van der Waals surface area contributed by atoms with E-state index in [0.29, 0.717) is 11.1 Å². The van der Waals surface area contributed by atoms with Crippen LogP contribution in [0, 0.1) is 32.0 Å². The van der Waals surface area contributed by atoms with Crippen LogP contribution < -0.4 is 10.2 Å². The highest BCUT2D eigenvalue weighted by Gasteiger charge is 2.37. The Morgan fingerprint density at radius 3 is 2.62 bits per heavy atom. The topological polar surface area (TPSA) is 58.3 Å². The number of thiophene rings is 1. The molecular weight excluding hydrogens is 447 g/mol. The average Bonchev–Trinajstić information content (AvgIpc) is 3.49. The van der Waals surface area contributed by atoms with E-state index < -0.39 is 0 Å². The molecule has 178 valence electrons. The molecule has 1 aromatic carbocycles. The second-order valence-electron chi connectivity index (χ2n) is 10.1. The maximum Gasteiger partial charge on any atom is 0.162 e. The molecule has 0 saturated carbocycles. The van der Waals surface area contributed by atoms with Gasteiger partial charge in [0.1, 0.15) is 22.7 Å². The summed E-state index contributed by atoms with van der Waals surface area (Å²) in [4.78, 5) is 8.51. The Morgan fingerprint density at radius 1 is 1.12 bits per heavy atom. The Balaban J connectivity index is 1.37. The Morgan fingerprint density at radius 2 is 1.91 bits per heavy atom. The highest BCUT2D eigenvalue weighted by molar-refractivity contribution is 7.15. The first kappa shape index (κ1) is 21.9. The number of fused-ring (bicyclic) bond motifs is 3. The number of aromatic nitrogens is 3. The SMILES string of the molecule is Cc1sc2c(c1C)C(c1ccc(N3CCC4(CCNC4)CC3)c(F)c1)=NC(C)c1nnc(C)n1-2. The summed E-state index contributed by atoms with van der Waals surface area (Å²) in [6.45, 7) is 12.3. The number of benzene rings is 1. The van der Waals surface area contributed by atoms with E-state index in [9.17, 15) is 0 Å². The van der Waals surface area contributed by atoms with Gasteiger partial charge in [0.05, 0.1) is 11.4 Å². The second-order valence-corrected chi connectivity index (χ2v) is 11.3. The lowest BCUT2D eigenvalue weighted by molar-refractivity contribution is 0.247. The van der Waals surface area contributed by atoms with Crippen LogP contribution in [0.1, 0.15) is 65.4 Å². The molecule has 0 bridgehead atoms. The van der Waals surface area contributed by atoms with Crippen LogP contribution in [0.15, 0.2) is 23.2 Å². The van der Waals surface area contributed by atoms with E-state index >= 15 is 4.39 Å². The van der Waals surface area contributed by atoms with Crippen molar-refractivity contribution in [3.05, 3.63) is 57.2 Å². The zero-order valence-electron chi connectivity index (χ0n) is 20.3. The minimum atomic E-state index is -0.170. The first-order valence-electron chi connectivity index (χ1n) is 12.2. The van der Waals surface area contributed by atoms with Gasteiger partial charge >= 0.3 is 0 Å². The van der Waals surface area contributed by atoms with Crippen LogP contribution in [0.2, 0.25) is 0 Å². The number of aryl methyl sites for hydroxylation is 2. The van der Waals surface area contributed by atoms with Crippen molar-refractivity contribution < 1.29 is 4.39 Å². The van der Waals surface area contributed by atoms with Crippen LogP contribution >= 0.6 is 11.3 Å². The van der Waals surface area contributed by atoms with Crippen molar-refractivity contribution in [2.24, 2.45) is 10.4 Å². The molecule has 2 saturated heterocycles. The molecule has 3 aromatic rings. The first-order chi connectivity index (χ1) is 16.4. The number of hydrogen-bond donors (Lipinski definition) is 1. The van der Waals surface area contributed by atoms with Crippen molar-refractivity contribution in [2.45, 2.75) is 53.0 Å². The number of halogens is 1. The van der Waals surface area contributed by atoms with Gasteiger partial charge < -0.3 is 10.2 Å². The standard InChI is InChI=1S/C26H31FN6S/c1-15-17(3)34-25-22(15)23(29-16(2)24-31-30-18(4)33(24)25)19-5-6-21(20(27)13-19)32-11-8-26(9-12-32)7-10-28-14-26/h5-6,13,16,28H,7-12,14H2,1-4H3. The number of hydrogen-bond acceptors (Lipinski definition) is 6. The number of nitrogens with zero attached hydrogens (tertiary/aromatic N) is 5. The number of piperidine rings is 1. The van der Waals surface area contributed by atoms with E-state index in [4.69, 9.17) is 4.99 Å². The van der Waals surface area contributed by atoms with Gasteiger partial charge in [-0.2, -0.15) is 0 Å². The van der Waals surface area contributed by atoms with E-state index in [1.165, 1.54) is 16.9 Å². The minimum Gasteiger partial charge on any atom is -0.369 e. The largest absolute Gasteiger partial charge is 0.369 e. The van der Waals surface area contributed by atoms with Crippen LogP contribution in [0.25, 0.3) is 5.00 Å². The Hall–Kier alpha value is -2.58. The van der Waals surface area contributed by atoms with Gasteiger partial charge in [0.2, 0.25) is 0 Å². The molecule has 0 radical (unpaired) electrons. The highest BCUT2D eigenvalue weighted by Crippen LogP contribution is 2.41. The molecule has 3 aliphatic heterocycles. The van der Waals surface area contributed by atoms with E-state index in [-0.39, 0.29) is 11.9 Å². The lowest BCUT2D eigenvalue weighted by Crippen LogP contribution is -2.41. The molecule has 2 fully saturated rings. The van der Waals surface area contributed by atoms with Gasteiger partial charge in [-0.1, -0.05) is 6.07 Å². The molecule has 1 atom stereocenters. The summed E-state index contributed by atoms with van der Waals surface area (Å²) < 4.78 is 17.7. The molecule has 2 aromatic heterocycles. The zero-order valence-corrected chi connectivity index (χ0v) is 21.1. The van der Waals surface area contributed by atoms with Crippen molar-refractivity contribution >= 4 is 22.7 Å². The fourth-order valence-corrected chi connectivity index (χ4v) is 7.05. The van der Waals surface area contributed by atoms with Crippen molar-refractivity contribution in [3.63, 3.8) is 0 Å². The number of nitrogens with one attached hydrogen (secondary N) is 1. The summed E-state index contributed by atoms with van der Waals surface area (Å²) in [6, 6.07) is 5.50. The Bertz CT molecular complexity index is 1290. The summed E-state index contributed by atoms with van der Waals surface area (Å²) >= 11 is 1.73. The van der Waals surface area contributed by atoms with Gasteiger partial charge in [-0.05, 0) is 76.6 Å². The third kappa shape index (κ3) is 3.33. The van der Waals surface area contributed by atoms with Crippen molar-refractivity contribution in [1.82, 2.24) is 20.1 Å². The van der Waals surface area contributed by atoms with Gasteiger partial charge in [-0.25, -0.2) is 4.39 Å². The zero-order chi connectivity index (χ0) is 23.6. The third-order valence-electron chi connectivity index (χ3n) is 8.07. The number of aliphatic imine (C=N–C) groups is 1. The molecule has 1 N–H and O–H groups in total. The molecule has 5 heterocycles. The predicted octanol–water partition coefficient (Wildman–Crippen LogP) is 4.89. The monoisotopic (exact) mass is 478 g/mol. The van der Waals surface area contributed by atoms with E-state index in [2.05, 4.69) is 38.8 Å². The van der Waals surface area contributed by atoms with E-state index in [1.807, 2.05) is 26.0 Å². The van der Waals surface area contributed by atoms with Gasteiger partial charge in [-0.15, -0.1) is 21.5 Å². The maximum absolute atomic E-state index is 15.6. The normalized spacial score (nSPS) is 21.4. The third-order valence-corrected chi connectivity index (χ3v) is 9.26. The van der Waals surface area contributed by atoms with Crippen LogP contribution in [0.5, 0.6) is 0 Å². The Labute approximate surface area is 203 Å². The van der Waals surface area contributed by atoms with Crippen LogP contribution in [0.4, 0.5) is 10.1 Å². The summed E-state index contributed by atoms with van der Waals surface area (Å²) in [7, 11) is 0. The number of rotatable bonds is 2. The molecule has 6 rings (SSSR count). The molecule has 0 aliphatic carbocycles. The van der Waals surface area contributed by atoms with E-state index in [0.717, 1.165) is 72.5 Å². The molecular formula is C26H31FN6S. The highest BCUT2D eigenvalue weighted by atomic mass is 32.1. The molecule has 34 heavy (non-hydrogen) atoms. The van der Waals surface area contributed by atoms with Gasteiger partial charge in [0, 0.05) is 35.6 Å². The maximum atomic E-state index is 15.6. The summed E-state index contributed by atoms with van der Waals surface area (Å²) in [5, 5.41) is 13.3. The fourth-order valence-electron chi connectivity index (χ4n) is 5.84.